The van der Waals surface area contributed by atoms with Crippen molar-refractivity contribution >= 4 is 22.4 Å². The maximum atomic E-state index is 13.1. The minimum absolute atomic E-state index is 0.190. The highest BCUT2D eigenvalue weighted by molar-refractivity contribution is 6.04. The molecule has 3 aliphatic rings. The van der Waals surface area contributed by atoms with E-state index < -0.39 is 11.7 Å². The first-order valence-electron chi connectivity index (χ1n) is 15.2. The summed E-state index contributed by atoms with van der Waals surface area (Å²) in [4.78, 5) is 22.5. The second-order valence-electron chi connectivity index (χ2n) is 12.0. The normalized spacial score (nSPS) is 21.3. The molecular weight excluding hydrogens is 535 g/mol. The topological polar surface area (TPSA) is 92.3 Å². The molecule has 1 unspecified atom stereocenters. The number of morpholine rings is 1. The van der Waals surface area contributed by atoms with Gasteiger partial charge in [0.2, 0.25) is 0 Å². The average molecular weight is 577 g/mol. The van der Waals surface area contributed by atoms with Gasteiger partial charge < -0.3 is 34.6 Å². The minimum atomic E-state index is -1.14. The summed E-state index contributed by atoms with van der Waals surface area (Å²) >= 11 is 0. The van der Waals surface area contributed by atoms with Gasteiger partial charge in [0.25, 0.3) is 0 Å². The van der Waals surface area contributed by atoms with Crippen LogP contribution in [0.2, 0.25) is 0 Å². The monoisotopic (exact) mass is 576 g/mol. The van der Waals surface area contributed by atoms with Crippen molar-refractivity contribution in [3.05, 3.63) is 77.9 Å². The number of ketones is 1. The largest absolute Gasteiger partial charge is 0.389 e. The van der Waals surface area contributed by atoms with Crippen molar-refractivity contribution in [2.45, 2.75) is 43.3 Å². The van der Waals surface area contributed by atoms with Gasteiger partial charge in [-0.3, -0.25) is 4.79 Å². The number of β-amino-alcohol motifs (C(OH)–C–C–N with tert-alkyl or cyclic N) is 1. The molecule has 0 radical (unpaired) electrons. The fraction of sp³-hybridized carbons (Fsp3) is 0.485. The number of fused-ring (bicyclic) bond motifs is 1. The standard InChI is InChI=1S/C33H41FN4O4/c34-26-3-1-25(2-4-26)31(39)9-14-36-15-10-33(41,11-16-36)32(40)23-37-12-7-24(8-13-37)29-22-35-30-6-5-27(21-28(29)30)38-17-19-42-20-18-38/h1-6,9,14,21-22,24,32,35,40-41H,7-8,10-13,15-20,23H2. The molecule has 3 aromatic rings. The van der Waals surface area contributed by atoms with E-state index in [9.17, 15) is 19.4 Å². The van der Waals surface area contributed by atoms with Crippen LogP contribution < -0.4 is 4.90 Å². The molecule has 3 saturated heterocycles. The number of aromatic amines is 1. The first-order chi connectivity index (χ1) is 20.4. The summed E-state index contributed by atoms with van der Waals surface area (Å²) in [5, 5.41) is 23.7. The Kier molecular flexibility index (Phi) is 8.62. The van der Waals surface area contributed by atoms with Crippen molar-refractivity contribution in [2.75, 3.05) is 63.9 Å². The number of aliphatic hydroxyl groups excluding tert-OH is 1. The van der Waals surface area contributed by atoms with Crippen molar-refractivity contribution in [1.29, 1.82) is 0 Å². The highest BCUT2D eigenvalue weighted by Gasteiger charge is 2.39. The third-order valence-corrected chi connectivity index (χ3v) is 9.38. The van der Waals surface area contributed by atoms with Gasteiger partial charge in [0.1, 0.15) is 5.82 Å². The molecule has 1 aromatic heterocycles. The molecular formula is C33H41FN4O4. The van der Waals surface area contributed by atoms with E-state index in [1.54, 1.807) is 6.20 Å². The molecule has 224 valence electrons. The summed E-state index contributed by atoms with van der Waals surface area (Å²) in [5.74, 6) is -0.103. The summed E-state index contributed by atoms with van der Waals surface area (Å²) in [6.07, 6.45) is 7.44. The number of anilines is 1. The molecule has 6 rings (SSSR count). The highest BCUT2D eigenvalue weighted by Crippen LogP contribution is 2.36. The Morgan fingerprint density at radius 3 is 2.48 bits per heavy atom. The summed E-state index contributed by atoms with van der Waals surface area (Å²) < 4.78 is 18.6. The summed E-state index contributed by atoms with van der Waals surface area (Å²) in [6.45, 7) is 6.71. The number of ether oxygens (including phenoxy) is 1. The molecule has 0 spiro atoms. The summed E-state index contributed by atoms with van der Waals surface area (Å²) in [5.41, 5.74) is 3.08. The van der Waals surface area contributed by atoms with Crippen molar-refractivity contribution in [3.8, 4) is 0 Å². The van der Waals surface area contributed by atoms with Crippen molar-refractivity contribution in [3.63, 3.8) is 0 Å². The van der Waals surface area contributed by atoms with E-state index in [0.717, 1.165) is 52.2 Å². The molecule has 3 fully saturated rings. The number of aliphatic hydroxyl groups is 2. The third kappa shape index (κ3) is 6.39. The van der Waals surface area contributed by atoms with Crippen molar-refractivity contribution in [1.82, 2.24) is 14.8 Å². The van der Waals surface area contributed by atoms with Gasteiger partial charge in [0.15, 0.2) is 5.78 Å². The van der Waals surface area contributed by atoms with E-state index in [2.05, 4.69) is 39.2 Å². The van der Waals surface area contributed by atoms with Gasteiger partial charge in [0, 0.05) is 73.4 Å². The maximum absolute atomic E-state index is 13.1. The number of rotatable bonds is 8. The van der Waals surface area contributed by atoms with Crippen LogP contribution in [0, 0.1) is 5.82 Å². The number of nitrogens with zero attached hydrogens (tertiary/aromatic N) is 3. The average Bonchev–Trinajstić information content (AvgIpc) is 3.45. The van der Waals surface area contributed by atoms with Crippen LogP contribution in [0.15, 0.2) is 60.9 Å². The lowest BCUT2D eigenvalue weighted by atomic mass is 9.84. The number of likely N-dealkylation sites (tertiary alicyclic amines) is 2. The number of halogens is 1. The predicted molar refractivity (Wildman–Crippen MR) is 161 cm³/mol. The van der Waals surface area contributed by atoms with Gasteiger partial charge in [-0.25, -0.2) is 4.39 Å². The number of H-pyrrole nitrogens is 1. The smallest absolute Gasteiger partial charge is 0.187 e. The van der Waals surface area contributed by atoms with Crippen molar-refractivity contribution < 1.29 is 24.1 Å². The van der Waals surface area contributed by atoms with Gasteiger partial charge in [-0.1, -0.05) is 0 Å². The van der Waals surface area contributed by atoms with E-state index in [-0.39, 0.29) is 11.6 Å². The molecule has 8 nitrogen and oxygen atoms in total. The Bertz CT molecular complexity index is 1380. The summed E-state index contributed by atoms with van der Waals surface area (Å²) in [7, 11) is 0. The first kappa shape index (κ1) is 28.9. The lowest BCUT2D eigenvalue weighted by Gasteiger charge is -2.43. The Hall–Kier alpha value is -3.24. The SMILES string of the molecule is O=C(C=CN1CCC(O)(C(O)CN2CCC(c3c[nH]c4ccc(N5CCOCC5)cc34)CC2)CC1)c1ccc(F)cc1. The molecule has 9 heteroatoms. The quantitative estimate of drug-likeness (QED) is 0.277. The number of piperidine rings is 2. The Labute approximate surface area is 246 Å². The van der Waals surface area contributed by atoms with E-state index in [0.29, 0.717) is 44.0 Å². The van der Waals surface area contributed by atoms with E-state index in [1.807, 2.05) is 4.90 Å². The molecule has 2 aromatic carbocycles. The number of allylic oxidation sites excluding steroid dienone is 1. The van der Waals surface area contributed by atoms with Gasteiger partial charge >= 0.3 is 0 Å². The number of aromatic nitrogens is 1. The van der Waals surface area contributed by atoms with E-state index in [1.165, 1.54) is 52.5 Å². The van der Waals surface area contributed by atoms with E-state index >= 15 is 0 Å². The number of nitrogens with one attached hydrogen (secondary N) is 1. The lowest BCUT2D eigenvalue weighted by Crippen LogP contribution is -2.54. The van der Waals surface area contributed by atoms with Crippen LogP contribution in [0.1, 0.15) is 47.5 Å². The Morgan fingerprint density at radius 1 is 1.05 bits per heavy atom. The Morgan fingerprint density at radius 2 is 1.76 bits per heavy atom. The second-order valence-corrected chi connectivity index (χ2v) is 12.0. The number of carbonyl (C=O) groups excluding carboxylic acids is 1. The molecule has 0 saturated carbocycles. The van der Waals surface area contributed by atoms with Gasteiger partial charge in [0.05, 0.1) is 24.9 Å². The number of carbonyl (C=O) groups is 1. The molecule has 0 bridgehead atoms. The van der Waals surface area contributed by atoms with Crippen LogP contribution in [0.3, 0.4) is 0 Å². The van der Waals surface area contributed by atoms with Crippen LogP contribution in [0.5, 0.6) is 0 Å². The fourth-order valence-corrected chi connectivity index (χ4v) is 6.60. The molecule has 0 amide bonds. The van der Waals surface area contributed by atoms with Crippen LogP contribution in [0.25, 0.3) is 10.9 Å². The van der Waals surface area contributed by atoms with Gasteiger partial charge in [-0.15, -0.1) is 0 Å². The number of benzene rings is 2. The molecule has 42 heavy (non-hydrogen) atoms. The second kappa shape index (κ2) is 12.6. The number of hydrogen-bond acceptors (Lipinski definition) is 7. The van der Waals surface area contributed by atoms with Crippen LogP contribution in [-0.4, -0.2) is 102 Å². The molecule has 3 N–H and O–H groups in total. The molecule has 4 heterocycles. The molecule has 1 atom stereocenters. The minimum Gasteiger partial charge on any atom is -0.389 e. The summed E-state index contributed by atoms with van der Waals surface area (Å²) in [6, 6.07) is 12.2. The first-order valence-corrected chi connectivity index (χ1v) is 15.2. The Balaban J connectivity index is 0.991. The predicted octanol–water partition coefficient (Wildman–Crippen LogP) is 3.91. The third-order valence-electron chi connectivity index (χ3n) is 9.38. The van der Waals surface area contributed by atoms with Crippen LogP contribution >= 0.6 is 0 Å². The van der Waals surface area contributed by atoms with Gasteiger partial charge in [-0.2, -0.15) is 0 Å². The van der Waals surface area contributed by atoms with Crippen molar-refractivity contribution in [2.24, 2.45) is 0 Å². The zero-order valence-corrected chi connectivity index (χ0v) is 24.1. The van der Waals surface area contributed by atoms with Gasteiger partial charge in [-0.05, 0) is 92.7 Å². The van der Waals surface area contributed by atoms with Crippen LogP contribution in [-0.2, 0) is 4.74 Å². The zero-order chi connectivity index (χ0) is 29.1. The molecule has 0 aliphatic carbocycles. The van der Waals surface area contributed by atoms with E-state index in [4.69, 9.17) is 4.74 Å². The maximum Gasteiger partial charge on any atom is 0.187 e. The van der Waals surface area contributed by atoms with Crippen LogP contribution in [0.4, 0.5) is 10.1 Å². The highest BCUT2D eigenvalue weighted by atomic mass is 19.1. The zero-order valence-electron chi connectivity index (χ0n) is 24.1. The lowest BCUT2D eigenvalue weighted by molar-refractivity contribution is -0.114. The molecule has 3 aliphatic heterocycles. The number of hydrogen-bond donors (Lipinski definition) is 3. The fourth-order valence-electron chi connectivity index (χ4n) is 6.60.